The van der Waals surface area contributed by atoms with E-state index in [1.165, 1.54) is 5.56 Å². The molecule has 0 aromatic heterocycles. The first-order valence-electron chi connectivity index (χ1n) is 10.6. The number of rotatable bonds is 8. The van der Waals surface area contributed by atoms with Crippen molar-refractivity contribution < 1.29 is 14.3 Å². The predicted molar refractivity (Wildman–Crippen MR) is 115 cm³/mol. The summed E-state index contributed by atoms with van der Waals surface area (Å²) in [6.07, 6.45) is 4.91. The van der Waals surface area contributed by atoms with Gasteiger partial charge < -0.3 is 9.64 Å². The van der Waals surface area contributed by atoms with Crippen molar-refractivity contribution in [1.82, 2.24) is 4.90 Å². The average molecular weight is 394 g/mol. The minimum Gasteiger partial charge on any atom is -0.497 e. The van der Waals surface area contributed by atoms with Crippen molar-refractivity contribution in [3.63, 3.8) is 0 Å². The van der Waals surface area contributed by atoms with Gasteiger partial charge in [0, 0.05) is 31.5 Å². The van der Waals surface area contributed by atoms with Crippen molar-refractivity contribution in [2.45, 2.75) is 45.4 Å². The van der Waals surface area contributed by atoms with E-state index in [4.69, 9.17) is 4.74 Å². The van der Waals surface area contributed by atoms with E-state index in [0.29, 0.717) is 24.3 Å². The predicted octanol–water partition coefficient (Wildman–Crippen LogP) is 4.84. The highest BCUT2D eigenvalue weighted by Gasteiger charge is 2.23. The number of likely N-dealkylation sites (tertiary alicyclic amines) is 1. The lowest BCUT2D eigenvalue weighted by molar-refractivity contribution is -0.132. The zero-order valence-corrected chi connectivity index (χ0v) is 17.5. The molecule has 1 fully saturated rings. The van der Waals surface area contributed by atoms with Gasteiger partial charge in [-0.15, -0.1) is 0 Å². The minimum atomic E-state index is 0.0488. The number of hydrogen-bond acceptors (Lipinski definition) is 3. The molecule has 0 aliphatic carbocycles. The Hall–Kier alpha value is -2.62. The molecule has 0 atom stereocenters. The van der Waals surface area contributed by atoms with Crippen LogP contribution in [-0.4, -0.2) is 36.8 Å². The Morgan fingerprint density at radius 3 is 2.24 bits per heavy atom. The molecule has 1 aliphatic heterocycles. The number of amides is 1. The monoisotopic (exact) mass is 393 g/mol. The molecule has 1 heterocycles. The highest BCUT2D eigenvalue weighted by atomic mass is 16.5. The topological polar surface area (TPSA) is 46.6 Å². The SMILES string of the molecule is COc1ccc(CCC2CCN(C(=O)CCC(=O)c3ccc(C)cc3)CC2)cc1. The third-order valence-corrected chi connectivity index (χ3v) is 5.91. The Bertz CT molecular complexity index is 803. The minimum absolute atomic E-state index is 0.0488. The van der Waals surface area contributed by atoms with Crippen LogP contribution in [0, 0.1) is 12.8 Å². The summed E-state index contributed by atoms with van der Waals surface area (Å²) in [6, 6.07) is 15.8. The van der Waals surface area contributed by atoms with Gasteiger partial charge in [-0.05, 0) is 56.2 Å². The van der Waals surface area contributed by atoms with Crippen LogP contribution in [-0.2, 0) is 11.2 Å². The molecular formula is C25H31NO3. The zero-order chi connectivity index (χ0) is 20.6. The molecule has 1 aliphatic rings. The van der Waals surface area contributed by atoms with Crippen molar-refractivity contribution in [3.8, 4) is 5.75 Å². The molecule has 1 amide bonds. The number of ketones is 1. The third-order valence-electron chi connectivity index (χ3n) is 5.91. The average Bonchev–Trinajstić information content (AvgIpc) is 2.77. The molecule has 0 radical (unpaired) electrons. The third kappa shape index (κ3) is 6.18. The Balaban J connectivity index is 1.37. The van der Waals surface area contributed by atoms with E-state index in [0.717, 1.165) is 50.1 Å². The Morgan fingerprint density at radius 1 is 0.966 bits per heavy atom. The fourth-order valence-electron chi connectivity index (χ4n) is 3.90. The summed E-state index contributed by atoms with van der Waals surface area (Å²) in [5.41, 5.74) is 3.16. The standard InChI is InChI=1S/C25H31NO3/c1-19-3-9-22(10-4-19)24(27)13-14-25(28)26-17-15-21(16-18-26)6-5-20-7-11-23(29-2)12-8-20/h3-4,7-12,21H,5-6,13-18H2,1-2H3. The number of carbonyl (C=O) groups excluding carboxylic acids is 2. The lowest BCUT2D eigenvalue weighted by Crippen LogP contribution is -2.38. The molecule has 0 bridgehead atoms. The summed E-state index contributed by atoms with van der Waals surface area (Å²) in [5.74, 6) is 1.71. The molecule has 4 nitrogen and oxygen atoms in total. The van der Waals surface area contributed by atoms with Gasteiger partial charge in [-0.3, -0.25) is 9.59 Å². The van der Waals surface area contributed by atoms with Crippen LogP contribution in [0.25, 0.3) is 0 Å². The van der Waals surface area contributed by atoms with Crippen molar-refractivity contribution >= 4 is 11.7 Å². The first-order chi connectivity index (χ1) is 14.0. The molecule has 0 spiro atoms. The van der Waals surface area contributed by atoms with E-state index in [-0.39, 0.29) is 11.7 Å². The quantitative estimate of drug-likeness (QED) is 0.603. The summed E-state index contributed by atoms with van der Waals surface area (Å²) in [4.78, 5) is 26.7. The van der Waals surface area contributed by atoms with E-state index >= 15 is 0 Å². The Kier molecular flexibility index (Phi) is 7.45. The van der Waals surface area contributed by atoms with Gasteiger partial charge in [0.2, 0.25) is 5.91 Å². The van der Waals surface area contributed by atoms with Crippen LogP contribution >= 0.6 is 0 Å². The molecule has 0 unspecified atom stereocenters. The van der Waals surface area contributed by atoms with Crippen LogP contribution in [0.1, 0.15) is 53.6 Å². The van der Waals surface area contributed by atoms with Gasteiger partial charge >= 0.3 is 0 Å². The second kappa shape index (κ2) is 10.2. The number of carbonyl (C=O) groups is 2. The number of methoxy groups -OCH3 is 1. The van der Waals surface area contributed by atoms with Crippen LogP contribution < -0.4 is 4.74 Å². The van der Waals surface area contributed by atoms with Gasteiger partial charge in [-0.2, -0.15) is 0 Å². The molecule has 1 saturated heterocycles. The number of ether oxygens (including phenoxy) is 1. The Morgan fingerprint density at radius 2 is 1.62 bits per heavy atom. The normalized spacial score (nSPS) is 14.6. The molecule has 29 heavy (non-hydrogen) atoms. The van der Waals surface area contributed by atoms with Crippen molar-refractivity contribution in [3.05, 3.63) is 65.2 Å². The van der Waals surface area contributed by atoms with Gasteiger partial charge in [-0.1, -0.05) is 42.0 Å². The number of hydrogen-bond donors (Lipinski definition) is 0. The van der Waals surface area contributed by atoms with Gasteiger partial charge in [0.1, 0.15) is 5.75 Å². The van der Waals surface area contributed by atoms with E-state index in [2.05, 4.69) is 12.1 Å². The maximum absolute atomic E-state index is 12.5. The second-order valence-electron chi connectivity index (χ2n) is 8.00. The number of nitrogens with zero attached hydrogens (tertiary/aromatic N) is 1. The first-order valence-corrected chi connectivity index (χ1v) is 10.6. The molecule has 3 rings (SSSR count). The fraction of sp³-hybridized carbons (Fsp3) is 0.440. The summed E-state index contributed by atoms with van der Waals surface area (Å²) < 4.78 is 5.20. The van der Waals surface area contributed by atoms with Gasteiger partial charge in [0.15, 0.2) is 5.78 Å². The fourth-order valence-corrected chi connectivity index (χ4v) is 3.90. The van der Waals surface area contributed by atoms with E-state index < -0.39 is 0 Å². The number of piperidine rings is 1. The summed E-state index contributed by atoms with van der Waals surface area (Å²) in [5, 5.41) is 0. The van der Waals surface area contributed by atoms with Crippen molar-refractivity contribution in [1.29, 1.82) is 0 Å². The lowest BCUT2D eigenvalue weighted by atomic mass is 9.90. The van der Waals surface area contributed by atoms with Gasteiger partial charge in [-0.25, -0.2) is 0 Å². The molecule has 4 heteroatoms. The molecule has 154 valence electrons. The second-order valence-corrected chi connectivity index (χ2v) is 8.00. The highest BCUT2D eigenvalue weighted by Crippen LogP contribution is 2.24. The highest BCUT2D eigenvalue weighted by molar-refractivity contribution is 5.97. The summed E-state index contributed by atoms with van der Waals surface area (Å²) in [7, 11) is 1.68. The van der Waals surface area contributed by atoms with Crippen LogP contribution in [0.4, 0.5) is 0 Å². The van der Waals surface area contributed by atoms with Gasteiger partial charge in [0.25, 0.3) is 0 Å². The smallest absolute Gasteiger partial charge is 0.223 e. The zero-order valence-electron chi connectivity index (χ0n) is 17.5. The molecule has 2 aromatic carbocycles. The van der Waals surface area contributed by atoms with E-state index in [9.17, 15) is 9.59 Å². The van der Waals surface area contributed by atoms with Crippen molar-refractivity contribution in [2.24, 2.45) is 5.92 Å². The maximum Gasteiger partial charge on any atom is 0.223 e. The lowest BCUT2D eigenvalue weighted by Gasteiger charge is -2.32. The van der Waals surface area contributed by atoms with Crippen LogP contribution in [0.3, 0.4) is 0 Å². The maximum atomic E-state index is 12.5. The van der Waals surface area contributed by atoms with Crippen molar-refractivity contribution in [2.75, 3.05) is 20.2 Å². The molecule has 0 saturated carbocycles. The molecular weight excluding hydrogens is 362 g/mol. The van der Waals surface area contributed by atoms with Crippen LogP contribution in [0.15, 0.2) is 48.5 Å². The summed E-state index contributed by atoms with van der Waals surface area (Å²) in [6.45, 7) is 3.62. The number of aryl methyl sites for hydroxylation is 2. The van der Waals surface area contributed by atoms with Crippen LogP contribution in [0.2, 0.25) is 0 Å². The summed E-state index contributed by atoms with van der Waals surface area (Å²) >= 11 is 0. The first kappa shape index (κ1) is 21.1. The van der Waals surface area contributed by atoms with E-state index in [1.54, 1.807) is 7.11 Å². The molecule has 0 N–H and O–H groups in total. The van der Waals surface area contributed by atoms with E-state index in [1.807, 2.05) is 48.2 Å². The van der Waals surface area contributed by atoms with Gasteiger partial charge in [0.05, 0.1) is 7.11 Å². The number of benzene rings is 2. The Labute approximate surface area is 173 Å². The number of Topliss-reactive ketones (excluding diaryl/α,β-unsaturated/α-hetero) is 1. The largest absolute Gasteiger partial charge is 0.497 e. The van der Waals surface area contributed by atoms with Crippen LogP contribution in [0.5, 0.6) is 5.75 Å². The molecule has 2 aromatic rings.